The van der Waals surface area contributed by atoms with Gasteiger partial charge in [-0.15, -0.1) is 0 Å². The van der Waals surface area contributed by atoms with E-state index in [1.807, 2.05) is 0 Å². The van der Waals surface area contributed by atoms with Gasteiger partial charge in [0.15, 0.2) is 11.7 Å². The number of halogens is 5. The molecule has 2 heterocycles. The van der Waals surface area contributed by atoms with Crippen molar-refractivity contribution >= 4 is 41.9 Å². The summed E-state index contributed by atoms with van der Waals surface area (Å²) in [5.74, 6) is -6.10. The maximum Gasteiger partial charge on any atom is 0.459 e. The highest BCUT2D eigenvalue weighted by Crippen LogP contribution is 2.54. The summed E-state index contributed by atoms with van der Waals surface area (Å²) in [6, 6.07) is 9.79. The molecule has 0 saturated carbocycles. The van der Waals surface area contributed by atoms with Crippen LogP contribution in [-0.4, -0.2) is 63.4 Å². The maximum atomic E-state index is 15.3. The third-order valence-electron chi connectivity index (χ3n) is 6.53. The molecule has 5 atom stereocenters. The van der Waals surface area contributed by atoms with Gasteiger partial charge in [0.25, 0.3) is 6.43 Å². The molecule has 12 nitrogen and oxygen atoms in total. The Hall–Kier alpha value is -3.27. The predicted octanol–water partition coefficient (Wildman–Crippen LogP) is 4.29. The monoisotopic (exact) mass is 666 g/mol. The second kappa shape index (κ2) is 12.6. The zero-order chi connectivity index (χ0) is 32.6. The zero-order valence-corrected chi connectivity index (χ0v) is 25.0. The Morgan fingerprint density at radius 2 is 1.89 bits per heavy atom. The normalized spacial score (nSPS) is 23.5. The Morgan fingerprint density at radius 3 is 2.55 bits per heavy atom. The van der Waals surface area contributed by atoms with Crippen LogP contribution in [0.1, 0.15) is 27.0 Å². The highest BCUT2D eigenvalue weighted by atomic mass is 35.5. The van der Waals surface area contributed by atoms with Gasteiger partial charge in [-0.25, -0.2) is 18.1 Å². The number of aliphatic hydroxyl groups excluding tert-OH is 1. The first-order valence-corrected chi connectivity index (χ1v) is 14.9. The molecule has 1 aromatic heterocycles. The molecule has 4 rings (SSSR count). The Morgan fingerprint density at radius 1 is 1.23 bits per heavy atom. The fraction of sp³-hybridized carbons (Fsp3) is 0.423. The minimum atomic E-state index is -4.96. The number of benzene rings is 2. The Labute approximate surface area is 252 Å². The number of anilines is 1. The number of nitrogen functional groups attached to an aromatic ring is 1. The lowest BCUT2D eigenvalue weighted by Gasteiger charge is -2.32. The number of nitrogens with one attached hydrogen (secondary N) is 1. The molecule has 3 aromatic rings. The van der Waals surface area contributed by atoms with Crippen molar-refractivity contribution in [2.24, 2.45) is 0 Å². The van der Waals surface area contributed by atoms with Gasteiger partial charge in [-0.3, -0.25) is 13.9 Å². The molecule has 240 valence electrons. The lowest BCUT2D eigenvalue weighted by atomic mass is 9.96. The van der Waals surface area contributed by atoms with E-state index >= 15 is 8.78 Å². The lowest BCUT2D eigenvalue weighted by Crippen LogP contribution is -2.54. The van der Waals surface area contributed by atoms with E-state index in [1.165, 1.54) is 19.1 Å². The number of aromatic nitrogens is 2. The number of ether oxygens (including phenoxy) is 2. The van der Waals surface area contributed by atoms with E-state index in [0.29, 0.717) is 17.0 Å². The molecule has 0 aliphatic carbocycles. The average Bonchev–Trinajstić information content (AvgIpc) is 3.15. The number of hydrogen-bond acceptors (Lipinski definition) is 10. The summed E-state index contributed by atoms with van der Waals surface area (Å²) in [6.07, 6.45) is -10.1. The van der Waals surface area contributed by atoms with Crippen LogP contribution in [0.15, 0.2) is 53.5 Å². The van der Waals surface area contributed by atoms with Gasteiger partial charge >= 0.3 is 25.3 Å². The van der Waals surface area contributed by atoms with Gasteiger partial charge in [0.2, 0.25) is 6.23 Å². The van der Waals surface area contributed by atoms with Gasteiger partial charge < -0.3 is 24.8 Å². The van der Waals surface area contributed by atoms with Crippen molar-refractivity contribution in [2.75, 3.05) is 12.3 Å². The quantitative estimate of drug-likeness (QED) is 0.152. The van der Waals surface area contributed by atoms with E-state index < -0.39 is 79.3 Å². The van der Waals surface area contributed by atoms with E-state index in [9.17, 15) is 28.0 Å². The molecule has 18 heteroatoms. The van der Waals surface area contributed by atoms with Crippen LogP contribution in [0.3, 0.4) is 0 Å². The third kappa shape index (κ3) is 6.55. The first-order chi connectivity index (χ1) is 20.5. The van der Waals surface area contributed by atoms with Crippen LogP contribution < -0.4 is 21.0 Å². The summed E-state index contributed by atoms with van der Waals surface area (Å²) in [4.78, 5) is 28.1. The van der Waals surface area contributed by atoms with Crippen LogP contribution >= 0.6 is 19.3 Å². The number of esters is 1. The SMILES string of the molecule is CC(C)OC(=O)C(C)NP(=O)(OCC1(C(F)F)OC(n2cc(Cl)c(N)nc2=O)C(F)(F)C1O)Oc1cccc2ccccc12. The number of nitrogens with zero attached hydrogens (tertiary/aromatic N) is 2. The second-order valence-corrected chi connectivity index (χ2v) is 12.2. The fourth-order valence-electron chi connectivity index (χ4n) is 4.33. The molecule has 4 N–H and O–H groups in total. The summed E-state index contributed by atoms with van der Waals surface area (Å²) in [7, 11) is -4.96. The summed E-state index contributed by atoms with van der Waals surface area (Å²) in [6.45, 7) is 2.63. The van der Waals surface area contributed by atoms with Gasteiger partial charge in [0.1, 0.15) is 17.6 Å². The van der Waals surface area contributed by atoms with E-state index in [2.05, 4.69) is 10.1 Å². The summed E-state index contributed by atoms with van der Waals surface area (Å²) >= 11 is 5.79. The number of fused-ring (bicyclic) bond motifs is 1. The topological polar surface area (TPSA) is 164 Å². The number of alkyl halides is 4. The van der Waals surface area contributed by atoms with Crippen LogP contribution in [0.25, 0.3) is 10.8 Å². The number of carbonyl (C=O) groups excluding carboxylic acids is 1. The number of rotatable bonds is 11. The number of nitrogens with two attached hydrogens (primary N) is 1. The highest BCUT2D eigenvalue weighted by molar-refractivity contribution is 7.52. The molecule has 5 unspecified atom stereocenters. The standard InChI is InChI=1S/C26H28ClF4N4O8P/c1-13(2)41-20(36)14(3)34-44(39,43-18-10-6-8-15-7-4-5-9-16(15)18)40-12-25(22(28)29)21(37)26(30,31)23(42-25)35-11-17(27)19(32)33-24(35)38/h4-11,13-14,21-23,37H,12H2,1-3H3,(H,34,39)(H2,32,33,38). The fourth-order valence-corrected chi connectivity index (χ4v) is 6.03. The molecule has 0 spiro atoms. The molecule has 1 aliphatic heterocycles. The minimum Gasteiger partial charge on any atom is -0.462 e. The van der Waals surface area contributed by atoms with Crippen LogP contribution in [0.4, 0.5) is 23.4 Å². The van der Waals surface area contributed by atoms with Gasteiger partial charge in [0.05, 0.1) is 17.7 Å². The molecule has 1 aliphatic rings. The van der Waals surface area contributed by atoms with Gasteiger partial charge in [-0.2, -0.15) is 18.9 Å². The summed E-state index contributed by atoms with van der Waals surface area (Å²) < 4.78 is 94.9. The average molecular weight is 667 g/mol. The van der Waals surface area contributed by atoms with E-state index in [-0.39, 0.29) is 10.3 Å². The smallest absolute Gasteiger partial charge is 0.459 e. The van der Waals surface area contributed by atoms with Crippen molar-refractivity contribution in [1.29, 1.82) is 0 Å². The molecule has 1 fully saturated rings. The van der Waals surface area contributed by atoms with E-state index in [1.54, 1.807) is 44.2 Å². The third-order valence-corrected chi connectivity index (χ3v) is 8.43. The Kier molecular flexibility index (Phi) is 9.64. The van der Waals surface area contributed by atoms with Crippen molar-refractivity contribution in [3.63, 3.8) is 0 Å². The van der Waals surface area contributed by atoms with Crippen LogP contribution in [0, 0.1) is 0 Å². The molecule has 0 amide bonds. The largest absolute Gasteiger partial charge is 0.462 e. The molecule has 1 saturated heterocycles. The highest BCUT2D eigenvalue weighted by Gasteiger charge is 2.71. The molecule has 44 heavy (non-hydrogen) atoms. The van der Waals surface area contributed by atoms with Crippen molar-refractivity contribution < 1.29 is 50.5 Å². The molecule has 0 radical (unpaired) electrons. The van der Waals surface area contributed by atoms with Crippen molar-refractivity contribution in [1.82, 2.24) is 14.6 Å². The van der Waals surface area contributed by atoms with Crippen LogP contribution in [-0.2, 0) is 23.4 Å². The van der Waals surface area contributed by atoms with Gasteiger partial charge in [0, 0.05) is 11.6 Å². The predicted molar refractivity (Wildman–Crippen MR) is 150 cm³/mol. The Bertz CT molecular complexity index is 1640. The van der Waals surface area contributed by atoms with Crippen LogP contribution in [0.2, 0.25) is 5.02 Å². The zero-order valence-electron chi connectivity index (χ0n) is 23.3. The number of carbonyl (C=O) groups is 1. The first-order valence-electron chi connectivity index (χ1n) is 13.0. The van der Waals surface area contributed by atoms with Crippen molar-refractivity contribution in [3.8, 4) is 5.75 Å². The summed E-state index contributed by atoms with van der Waals surface area (Å²) in [5, 5.41) is 13.3. The molecular formula is C26H28ClF4N4O8P. The number of hydrogen-bond donors (Lipinski definition) is 3. The molecule has 2 aromatic carbocycles. The van der Waals surface area contributed by atoms with Crippen molar-refractivity contribution in [2.45, 2.75) is 63.2 Å². The van der Waals surface area contributed by atoms with Crippen LogP contribution in [0.5, 0.6) is 5.75 Å². The Balaban J connectivity index is 1.72. The number of aliphatic hydroxyl groups is 1. The van der Waals surface area contributed by atoms with Gasteiger partial charge in [-0.05, 0) is 32.2 Å². The maximum absolute atomic E-state index is 15.3. The molecule has 0 bridgehead atoms. The van der Waals surface area contributed by atoms with Crippen molar-refractivity contribution in [3.05, 3.63) is 64.2 Å². The first kappa shape index (κ1) is 33.6. The molecular weight excluding hydrogens is 639 g/mol. The lowest BCUT2D eigenvalue weighted by molar-refractivity contribution is -0.193. The minimum absolute atomic E-state index is 0.0836. The van der Waals surface area contributed by atoms with E-state index in [4.69, 9.17) is 35.9 Å². The summed E-state index contributed by atoms with van der Waals surface area (Å²) in [5.41, 5.74) is 0.380. The van der Waals surface area contributed by atoms with E-state index in [0.717, 1.165) is 0 Å². The second-order valence-electron chi connectivity index (χ2n) is 10.1. The van der Waals surface area contributed by atoms with Gasteiger partial charge in [-0.1, -0.05) is 48.0 Å².